The van der Waals surface area contributed by atoms with Crippen molar-refractivity contribution < 1.29 is 22.5 Å². The number of carbonyl (C=O) groups excluding carboxylic acids is 1. The van der Waals surface area contributed by atoms with Crippen LogP contribution in [0.25, 0.3) is 28.7 Å². The largest absolute Gasteiger partial charge is 0.416 e. The zero-order valence-corrected chi connectivity index (χ0v) is 18.5. The molecule has 0 atom stereocenters. The molecule has 3 aromatic heterocycles. The van der Waals surface area contributed by atoms with Crippen LogP contribution in [0.5, 0.6) is 0 Å². The number of nitrogens with one attached hydrogen (secondary N) is 1. The Morgan fingerprint density at radius 2 is 1.75 bits per heavy atom. The third kappa shape index (κ3) is 4.85. The molecule has 2 aromatic carbocycles. The van der Waals surface area contributed by atoms with Crippen molar-refractivity contribution >= 4 is 5.91 Å². The van der Waals surface area contributed by atoms with Crippen LogP contribution < -0.4 is 5.32 Å². The van der Waals surface area contributed by atoms with Crippen molar-refractivity contribution in [2.75, 3.05) is 0 Å². The van der Waals surface area contributed by atoms with Crippen molar-refractivity contribution in [2.24, 2.45) is 0 Å². The standard InChI is InChI=1S/C25H17F3N6O2/c26-25(27,28)18-10-8-16(9-11-18)13-30-23(35)20-14-34(15-31-20)22-19(7-4-12-29-22)24-32-21(33-36-24)17-5-2-1-3-6-17/h1-12,14-15H,13H2,(H,30,35). The molecule has 0 unspecified atom stereocenters. The number of hydrogen-bond donors (Lipinski definition) is 1. The van der Waals surface area contributed by atoms with Gasteiger partial charge in [0.15, 0.2) is 5.82 Å². The van der Waals surface area contributed by atoms with E-state index in [4.69, 9.17) is 4.52 Å². The lowest BCUT2D eigenvalue weighted by Gasteiger charge is -2.08. The Labute approximate surface area is 202 Å². The Morgan fingerprint density at radius 1 is 0.972 bits per heavy atom. The summed E-state index contributed by atoms with van der Waals surface area (Å²) in [7, 11) is 0. The van der Waals surface area contributed by atoms with Crippen LogP contribution in [0, 0.1) is 0 Å². The molecule has 0 bridgehead atoms. The highest BCUT2D eigenvalue weighted by atomic mass is 19.4. The summed E-state index contributed by atoms with van der Waals surface area (Å²) in [6.45, 7) is 0.0446. The molecule has 5 rings (SSSR count). The van der Waals surface area contributed by atoms with Crippen LogP contribution in [0.2, 0.25) is 0 Å². The van der Waals surface area contributed by atoms with Gasteiger partial charge in [-0.15, -0.1) is 0 Å². The van der Waals surface area contributed by atoms with Crippen LogP contribution in [0.4, 0.5) is 13.2 Å². The van der Waals surface area contributed by atoms with Gasteiger partial charge in [-0.2, -0.15) is 18.2 Å². The van der Waals surface area contributed by atoms with Gasteiger partial charge in [-0.1, -0.05) is 47.6 Å². The molecule has 36 heavy (non-hydrogen) atoms. The quantitative estimate of drug-likeness (QED) is 0.362. The van der Waals surface area contributed by atoms with Gasteiger partial charge in [-0.05, 0) is 29.8 Å². The maximum absolute atomic E-state index is 12.7. The molecule has 3 heterocycles. The monoisotopic (exact) mass is 490 g/mol. The van der Waals surface area contributed by atoms with Crippen molar-refractivity contribution in [2.45, 2.75) is 12.7 Å². The zero-order valence-electron chi connectivity index (χ0n) is 18.5. The molecule has 11 heteroatoms. The van der Waals surface area contributed by atoms with Crippen LogP contribution >= 0.6 is 0 Å². The van der Waals surface area contributed by atoms with E-state index in [1.165, 1.54) is 24.7 Å². The third-order valence-corrected chi connectivity index (χ3v) is 5.27. The molecule has 0 saturated carbocycles. The second-order valence-corrected chi connectivity index (χ2v) is 7.71. The van der Waals surface area contributed by atoms with Gasteiger partial charge in [-0.3, -0.25) is 9.36 Å². The van der Waals surface area contributed by atoms with E-state index in [2.05, 4.69) is 25.4 Å². The molecule has 0 radical (unpaired) electrons. The Balaban J connectivity index is 1.32. The van der Waals surface area contributed by atoms with Crippen molar-refractivity contribution in [3.63, 3.8) is 0 Å². The smallest absolute Gasteiger partial charge is 0.347 e. The van der Waals surface area contributed by atoms with Crippen LogP contribution in [0.3, 0.4) is 0 Å². The van der Waals surface area contributed by atoms with Crippen molar-refractivity contribution in [1.82, 2.24) is 30.0 Å². The molecule has 1 N–H and O–H groups in total. The number of aromatic nitrogens is 5. The predicted octanol–water partition coefficient (Wildman–Crippen LogP) is 4.93. The van der Waals surface area contributed by atoms with E-state index in [0.29, 0.717) is 22.8 Å². The number of rotatable bonds is 6. The molecule has 5 aromatic rings. The van der Waals surface area contributed by atoms with E-state index < -0.39 is 17.6 Å². The Hall–Kier alpha value is -4.80. The summed E-state index contributed by atoms with van der Waals surface area (Å²) in [5.74, 6) is 0.610. The molecule has 180 valence electrons. The van der Waals surface area contributed by atoms with Gasteiger partial charge in [0.1, 0.15) is 12.0 Å². The number of imidazole rings is 1. The van der Waals surface area contributed by atoms with Gasteiger partial charge < -0.3 is 9.84 Å². The fourth-order valence-corrected chi connectivity index (χ4v) is 3.45. The van der Waals surface area contributed by atoms with E-state index in [9.17, 15) is 18.0 Å². The number of alkyl halides is 3. The highest BCUT2D eigenvalue weighted by molar-refractivity contribution is 5.92. The number of hydrogen-bond acceptors (Lipinski definition) is 6. The summed E-state index contributed by atoms with van der Waals surface area (Å²) in [5, 5.41) is 6.69. The first-order valence-electron chi connectivity index (χ1n) is 10.7. The molecule has 8 nitrogen and oxygen atoms in total. The lowest BCUT2D eigenvalue weighted by molar-refractivity contribution is -0.137. The van der Waals surface area contributed by atoms with Gasteiger partial charge in [0.2, 0.25) is 5.82 Å². The molecular formula is C25H17F3N6O2. The summed E-state index contributed by atoms with van der Waals surface area (Å²) in [6, 6.07) is 17.4. The minimum atomic E-state index is -4.41. The van der Waals surface area contributed by atoms with Gasteiger partial charge in [0, 0.05) is 24.5 Å². The predicted molar refractivity (Wildman–Crippen MR) is 123 cm³/mol. The molecule has 0 aliphatic carbocycles. The van der Waals surface area contributed by atoms with Crippen molar-refractivity contribution in [1.29, 1.82) is 0 Å². The Bertz CT molecular complexity index is 1490. The number of benzene rings is 2. The highest BCUT2D eigenvalue weighted by Gasteiger charge is 2.30. The summed E-state index contributed by atoms with van der Waals surface area (Å²) < 4.78 is 45.1. The van der Waals surface area contributed by atoms with Crippen molar-refractivity contribution in [3.8, 4) is 28.7 Å². The lowest BCUT2D eigenvalue weighted by atomic mass is 10.1. The van der Waals surface area contributed by atoms with Crippen molar-refractivity contribution in [3.05, 3.63) is 102 Å². The summed E-state index contributed by atoms with van der Waals surface area (Å²) in [4.78, 5) is 25.5. The number of pyridine rings is 1. The highest BCUT2D eigenvalue weighted by Crippen LogP contribution is 2.29. The Morgan fingerprint density at radius 3 is 2.50 bits per heavy atom. The molecule has 0 saturated heterocycles. The minimum Gasteiger partial charge on any atom is -0.347 e. The van der Waals surface area contributed by atoms with E-state index >= 15 is 0 Å². The van der Waals surface area contributed by atoms with Gasteiger partial charge >= 0.3 is 6.18 Å². The number of nitrogens with zero attached hydrogens (tertiary/aromatic N) is 5. The van der Waals surface area contributed by atoms with E-state index in [1.807, 2.05) is 30.3 Å². The van der Waals surface area contributed by atoms with E-state index in [0.717, 1.165) is 17.7 Å². The maximum atomic E-state index is 12.7. The van der Waals surface area contributed by atoms with Crippen LogP contribution in [0.15, 0.2) is 90.0 Å². The van der Waals surface area contributed by atoms with Gasteiger partial charge in [-0.25, -0.2) is 9.97 Å². The summed E-state index contributed by atoms with van der Waals surface area (Å²) >= 11 is 0. The average Bonchev–Trinajstić information content (AvgIpc) is 3.58. The van der Waals surface area contributed by atoms with Gasteiger partial charge in [0.25, 0.3) is 11.8 Å². The normalized spacial score (nSPS) is 11.4. The topological polar surface area (TPSA) is 98.7 Å². The second-order valence-electron chi connectivity index (χ2n) is 7.71. The summed E-state index contributed by atoms with van der Waals surface area (Å²) in [6.07, 6.45) is 0.0800. The molecular weight excluding hydrogens is 473 g/mol. The molecule has 1 amide bonds. The zero-order chi connectivity index (χ0) is 25.1. The molecule has 0 fully saturated rings. The number of halogens is 3. The van der Waals surface area contributed by atoms with Crippen LogP contribution in [0.1, 0.15) is 21.6 Å². The number of amides is 1. The first-order valence-corrected chi connectivity index (χ1v) is 10.7. The van der Waals surface area contributed by atoms with Crippen LogP contribution in [-0.4, -0.2) is 30.6 Å². The second kappa shape index (κ2) is 9.45. The maximum Gasteiger partial charge on any atom is 0.416 e. The SMILES string of the molecule is O=C(NCc1ccc(C(F)(F)F)cc1)c1cn(-c2ncccc2-c2nc(-c3ccccc3)no2)cn1. The fourth-order valence-electron chi connectivity index (χ4n) is 3.45. The van der Waals surface area contributed by atoms with E-state index in [1.54, 1.807) is 22.9 Å². The van der Waals surface area contributed by atoms with E-state index in [-0.39, 0.29) is 18.1 Å². The average molecular weight is 490 g/mol. The van der Waals surface area contributed by atoms with Gasteiger partial charge in [0.05, 0.1) is 11.1 Å². The first kappa shape index (κ1) is 23.0. The Kier molecular flexibility index (Phi) is 6.03. The lowest BCUT2D eigenvalue weighted by Crippen LogP contribution is -2.23. The molecule has 0 aliphatic rings. The summed E-state index contributed by atoms with van der Waals surface area (Å²) in [5.41, 5.74) is 1.22. The minimum absolute atomic E-state index is 0.0446. The fraction of sp³-hybridized carbons (Fsp3) is 0.0800. The third-order valence-electron chi connectivity index (χ3n) is 5.27. The number of carbonyl (C=O) groups is 1. The molecule has 0 spiro atoms. The molecule has 0 aliphatic heterocycles. The van der Waals surface area contributed by atoms with Crippen LogP contribution in [-0.2, 0) is 12.7 Å². The first-order chi connectivity index (χ1) is 17.4.